The van der Waals surface area contributed by atoms with E-state index in [-0.39, 0.29) is 0 Å². The van der Waals surface area contributed by atoms with Gasteiger partial charge in [-0.3, -0.25) is 0 Å². The van der Waals surface area contributed by atoms with Crippen molar-refractivity contribution >= 4 is 28.6 Å². The van der Waals surface area contributed by atoms with Crippen molar-refractivity contribution < 1.29 is 23.4 Å². The number of hydrogen-bond acceptors (Lipinski definition) is 6. The van der Waals surface area contributed by atoms with Gasteiger partial charge in [0.2, 0.25) is 0 Å². The number of methoxy groups -OCH3 is 1. The number of fused-ring (bicyclic) bond motifs is 2. The van der Waals surface area contributed by atoms with Gasteiger partial charge in [0, 0.05) is 46.6 Å². The summed E-state index contributed by atoms with van der Waals surface area (Å²) < 4.78 is 34.9. The first-order valence-electron chi connectivity index (χ1n) is 13.2. The lowest BCUT2D eigenvalue weighted by Crippen LogP contribution is -2.29. The van der Waals surface area contributed by atoms with E-state index in [9.17, 15) is 4.79 Å². The van der Waals surface area contributed by atoms with Crippen molar-refractivity contribution in [3.05, 3.63) is 63.8 Å². The van der Waals surface area contributed by atoms with Crippen molar-refractivity contribution in [2.45, 2.75) is 59.2 Å². The third-order valence-corrected chi connectivity index (χ3v) is 7.49. The lowest BCUT2D eigenvalue weighted by Gasteiger charge is -2.29. The monoisotopic (exact) mass is 565 g/mol. The maximum atomic E-state index is 15.6. The Balaban J connectivity index is 1.91. The maximum Gasteiger partial charge on any atom is 0.339 e. The first-order chi connectivity index (χ1) is 18.9. The van der Waals surface area contributed by atoms with Gasteiger partial charge in [0.15, 0.2) is 17.7 Å². The quantitative estimate of drug-likeness (QED) is 0.190. The summed E-state index contributed by atoms with van der Waals surface area (Å²) in [6, 6.07) is 7.14. The molecule has 7 nitrogen and oxygen atoms in total. The number of hydrogen-bond donors (Lipinski definition) is 0. The standard InChI is InChI=1S/C31H33ClFN3O4/c1-16-19-9-8-12-39-27(19)22(33)14-20(16)26-21-15-23(18-10-11-34-24(32)13-18)36(6)29(21)35-17(2)25(26)28(30(37)38-7)40-31(3,4)5/h10-11,13-15,28H,8-9,12H2,1-7H3/t28-/m0/s1. The van der Waals surface area contributed by atoms with Crippen LogP contribution in [0.3, 0.4) is 0 Å². The molecule has 0 bridgehead atoms. The van der Waals surface area contributed by atoms with Crippen LogP contribution in [0.25, 0.3) is 33.4 Å². The summed E-state index contributed by atoms with van der Waals surface area (Å²) in [7, 11) is 3.25. The zero-order valence-corrected chi connectivity index (χ0v) is 24.6. The summed E-state index contributed by atoms with van der Waals surface area (Å²) in [6.07, 6.45) is 2.05. The molecular formula is C31H33ClFN3O4. The molecule has 210 valence electrons. The van der Waals surface area contributed by atoms with E-state index in [0.717, 1.165) is 34.2 Å². The Morgan fingerprint density at radius 3 is 2.65 bits per heavy atom. The van der Waals surface area contributed by atoms with E-state index in [1.807, 2.05) is 58.4 Å². The van der Waals surface area contributed by atoms with Crippen LogP contribution in [0.4, 0.5) is 4.39 Å². The van der Waals surface area contributed by atoms with E-state index in [2.05, 4.69) is 4.98 Å². The zero-order valence-electron chi connectivity index (χ0n) is 23.8. The van der Waals surface area contributed by atoms with Crippen LogP contribution >= 0.6 is 11.6 Å². The number of carbonyl (C=O) groups excluding carboxylic acids is 1. The highest BCUT2D eigenvalue weighted by Gasteiger charge is 2.35. The normalized spacial score (nSPS) is 14.1. The number of carbonyl (C=O) groups is 1. The summed E-state index contributed by atoms with van der Waals surface area (Å²) in [5.74, 6) is -0.698. The largest absolute Gasteiger partial charge is 0.490 e. The molecule has 0 saturated heterocycles. The van der Waals surface area contributed by atoms with E-state index in [1.54, 1.807) is 12.3 Å². The van der Waals surface area contributed by atoms with Gasteiger partial charge in [-0.15, -0.1) is 0 Å². The summed E-state index contributed by atoms with van der Waals surface area (Å²) >= 11 is 6.23. The van der Waals surface area contributed by atoms with Crippen molar-refractivity contribution in [3.63, 3.8) is 0 Å². The molecule has 4 aromatic rings. The van der Waals surface area contributed by atoms with Crippen LogP contribution in [0.15, 0.2) is 30.5 Å². The highest BCUT2D eigenvalue weighted by Crippen LogP contribution is 2.45. The molecule has 0 N–H and O–H groups in total. The summed E-state index contributed by atoms with van der Waals surface area (Å²) in [5.41, 5.74) is 5.86. The predicted octanol–water partition coefficient (Wildman–Crippen LogP) is 7.07. The van der Waals surface area contributed by atoms with Gasteiger partial charge in [0.05, 0.1) is 25.0 Å². The van der Waals surface area contributed by atoms with Crippen LogP contribution in [0.2, 0.25) is 5.15 Å². The molecular weight excluding hydrogens is 533 g/mol. The molecule has 0 radical (unpaired) electrons. The van der Waals surface area contributed by atoms with Gasteiger partial charge in [0.1, 0.15) is 10.8 Å². The highest BCUT2D eigenvalue weighted by molar-refractivity contribution is 6.29. The highest BCUT2D eigenvalue weighted by atomic mass is 35.5. The van der Waals surface area contributed by atoms with E-state index in [1.165, 1.54) is 13.2 Å². The number of nitrogens with zero attached hydrogens (tertiary/aromatic N) is 3. The Labute approximate surface area is 238 Å². The van der Waals surface area contributed by atoms with Crippen molar-refractivity contribution in [3.8, 4) is 28.1 Å². The van der Waals surface area contributed by atoms with Crippen LogP contribution in [0.5, 0.6) is 5.75 Å². The summed E-state index contributed by atoms with van der Waals surface area (Å²) in [4.78, 5) is 22.3. The lowest BCUT2D eigenvalue weighted by molar-refractivity contribution is -0.164. The molecule has 0 amide bonds. The molecule has 40 heavy (non-hydrogen) atoms. The molecule has 9 heteroatoms. The minimum atomic E-state index is -1.09. The van der Waals surface area contributed by atoms with Gasteiger partial charge in [-0.1, -0.05) is 11.6 Å². The van der Waals surface area contributed by atoms with Gasteiger partial charge < -0.3 is 18.8 Å². The first kappa shape index (κ1) is 28.1. The number of rotatable bonds is 5. The topological polar surface area (TPSA) is 75.5 Å². The number of halogens is 2. The summed E-state index contributed by atoms with van der Waals surface area (Å²) in [6.45, 7) is 9.91. The Hall–Kier alpha value is -3.49. The third kappa shape index (κ3) is 4.95. The molecule has 5 rings (SSSR count). The molecule has 0 unspecified atom stereocenters. The molecule has 1 aliphatic heterocycles. The number of pyridine rings is 2. The van der Waals surface area contributed by atoms with Gasteiger partial charge in [-0.05, 0) is 82.9 Å². The molecule has 1 atom stereocenters. The van der Waals surface area contributed by atoms with Crippen LogP contribution in [0.1, 0.15) is 55.7 Å². The fraction of sp³-hybridized carbons (Fsp3) is 0.387. The van der Waals surface area contributed by atoms with E-state index < -0.39 is 23.5 Å². The fourth-order valence-electron chi connectivity index (χ4n) is 5.51. The van der Waals surface area contributed by atoms with E-state index in [4.69, 9.17) is 30.8 Å². The second-order valence-corrected chi connectivity index (χ2v) is 11.5. The van der Waals surface area contributed by atoms with Crippen LogP contribution < -0.4 is 4.74 Å². The second-order valence-electron chi connectivity index (χ2n) is 11.1. The Morgan fingerprint density at radius 2 is 1.98 bits per heavy atom. The molecule has 0 saturated carbocycles. The van der Waals surface area contributed by atoms with Crippen molar-refractivity contribution in [2.24, 2.45) is 7.05 Å². The number of ether oxygens (including phenoxy) is 3. The first-order valence-corrected chi connectivity index (χ1v) is 13.6. The van der Waals surface area contributed by atoms with Crippen molar-refractivity contribution in [1.82, 2.24) is 14.5 Å². The average molecular weight is 566 g/mol. The minimum absolute atomic E-state index is 0.298. The van der Waals surface area contributed by atoms with E-state index >= 15 is 4.39 Å². The second kappa shape index (κ2) is 10.5. The van der Waals surface area contributed by atoms with Crippen LogP contribution in [-0.4, -0.2) is 39.8 Å². The maximum absolute atomic E-state index is 15.6. The SMILES string of the molecule is COC(=O)[C@@H](OC(C)(C)C)c1c(C)nc2c(cc(-c3ccnc(Cl)c3)n2C)c1-c1cc(F)c2c(c1C)CCCO2. The van der Waals surface area contributed by atoms with Gasteiger partial charge in [0.25, 0.3) is 0 Å². The van der Waals surface area contributed by atoms with Crippen molar-refractivity contribution in [2.75, 3.05) is 13.7 Å². The minimum Gasteiger partial charge on any atom is -0.490 e. The average Bonchev–Trinajstić information content (AvgIpc) is 3.23. The lowest BCUT2D eigenvalue weighted by atomic mass is 9.86. The van der Waals surface area contributed by atoms with Crippen LogP contribution in [0, 0.1) is 19.7 Å². The number of aryl methyl sites for hydroxylation is 2. The molecule has 0 spiro atoms. The van der Waals surface area contributed by atoms with E-state index in [0.29, 0.717) is 52.0 Å². The molecule has 1 aromatic carbocycles. The van der Waals surface area contributed by atoms with Crippen LogP contribution in [-0.2, 0) is 27.7 Å². The third-order valence-electron chi connectivity index (χ3n) is 7.28. The van der Waals surface area contributed by atoms with Gasteiger partial charge >= 0.3 is 5.97 Å². The number of esters is 1. The molecule has 4 heterocycles. The molecule has 0 fully saturated rings. The Bertz CT molecular complexity index is 1640. The van der Waals surface area contributed by atoms with Gasteiger partial charge in [-0.25, -0.2) is 19.2 Å². The smallest absolute Gasteiger partial charge is 0.339 e. The molecule has 3 aromatic heterocycles. The Morgan fingerprint density at radius 1 is 1.23 bits per heavy atom. The number of benzene rings is 1. The molecule has 0 aliphatic carbocycles. The predicted molar refractivity (Wildman–Crippen MR) is 153 cm³/mol. The summed E-state index contributed by atoms with van der Waals surface area (Å²) in [5, 5.41) is 1.11. The van der Waals surface area contributed by atoms with Gasteiger partial charge in [-0.2, -0.15) is 0 Å². The molecule has 1 aliphatic rings. The van der Waals surface area contributed by atoms with Crippen molar-refractivity contribution in [1.29, 1.82) is 0 Å². The zero-order chi connectivity index (χ0) is 28.9. The number of aromatic nitrogens is 3. The fourth-order valence-corrected chi connectivity index (χ4v) is 5.68. The Kier molecular flexibility index (Phi) is 7.35.